The standard InChI is InChI=1S/C12H25NO/c1-3-10-13-11-12(14-2)8-6-4-5-7-9-12/h13H,3-11H2,1-2H3. The molecule has 0 amide bonds. The maximum absolute atomic E-state index is 5.74. The van der Waals surface area contributed by atoms with Crippen LogP contribution in [0.15, 0.2) is 0 Å². The first kappa shape index (κ1) is 12.0. The maximum atomic E-state index is 5.74. The van der Waals surface area contributed by atoms with Gasteiger partial charge < -0.3 is 10.1 Å². The van der Waals surface area contributed by atoms with E-state index in [4.69, 9.17) is 4.74 Å². The van der Waals surface area contributed by atoms with E-state index >= 15 is 0 Å². The van der Waals surface area contributed by atoms with E-state index in [1.165, 1.54) is 44.9 Å². The summed E-state index contributed by atoms with van der Waals surface area (Å²) >= 11 is 0. The Kier molecular flexibility index (Phi) is 5.49. The van der Waals surface area contributed by atoms with E-state index in [0.29, 0.717) is 0 Å². The number of hydrogen-bond acceptors (Lipinski definition) is 2. The highest BCUT2D eigenvalue weighted by Gasteiger charge is 2.29. The molecule has 0 atom stereocenters. The van der Waals surface area contributed by atoms with Gasteiger partial charge in [-0.3, -0.25) is 0 Å². The Labute approximate surface area is 88.4 Å². The van der Waals surface area contributed by atoms with Crippen LogP contribution in [0.2, 0.25) is 0 Å². The molecule has 2 nitrogen and oxygen atoms in total. The van der Waals surface area contributed by atoms with Crippen molar-refractivity contribution < 1.29 is 4.74 Å². The molecule has 84 valence electrons. The SMILES string of the molecule is CCCNCC1(OC)CCCCCC1. The van der Waals surface area contributed by atoms with Crippen molar-refractivity contribution in [3.8, 4) is 0 Å². The summed E-state index contributed by atoms with van der Waals surface area (Å²) in [6.07, 6.45) is 9.13. The van der Waals surface area contributed by atoms with E-state index in [1.54, 1.807) is 0 Å². The average molecular weight is 199 g/mol. The molecule has 1 saturated carbocycles. The Morgan fingerprint density at radius 3 is 2.29 bits per heavy atom. The summed E-state index contributed by atoms with van der Waals surface area (Å²) < 4.78 is 5.74. The molecule has 0 saturated heterocycles. The van der Waals surface area contributed by atoms with Crippen LogP contribution in [0.25, 0.3) is 0 Å². The molecule has 0 spiro atoms. The van der Waals surface area contributed by atoms with E-state index in [0.717, 1.165) is 13.1 Å². The van der Waals surface area contributed by atoms with Crippen molar-refractivity contribution in [2.75, 3.05) is 20.2 Å². The first-order valence-corrected chi connectivity index (χ1v) is 6.09. The zero-order chi connectivity index (χ0) is 10.3. The van der Waals surface area contributed by atoms with Crippen LogP contribution in [0.1, 0.15) is 51.9 Å². The van der Waals surface area contributed by atoms with E-state index in [9.17, 15) is 0 Å². The third-order valence-electron chi connectivity index (χ3n) is 3.32. The Morgan fingerprint density at radius 1 is 1.14 bits per heavy atom. The van der Waals surface area contributed by atoms with Crippen molar-refractivity contribution in [3.63, 3.8) is 0 Å². The molecule has 0 aromatic rings. The minimum Gasteiger partial charge on any atom is -0.377 e. The molecule has 0 unspecified atom stereocenters. The molecule has 0 radical (unpaired) electrons. The van der Waals surface area contributed by atoms with Gasteiger partial charge in [-0.05, 0) is 25.8 Å². The van der Waals surface area contributed by atoms with Gasteiger partial charge in [0, 0.05) is 13.7 Å². The highest BCUT2D eigenvalue weighted by Crippen LogP contribution is 2.29. The van der Waals surface area contributed by atoms with Crippen molar-refractivity contribution in [1.82, 2.24) is 5.32 Å². The Hall–Kier alpha value is -0.0800. The highest BCUT2D eigenvalue weighted by molar-refractivity contribution is 4.84. The normalized spacial score (nSPS) is 21.9. The van der Waals surface area contributed by atoms with Gasteiger partial charge >= 0.3 is 0 Å². The number of hydrogen-bond donors (Lipinski definition) is 1. The molecule has 14 heavy (non-hydrogen) atoms. The topological polar surface area (TPSA) is 21.3 Å². The quantitative estimate of drug-likeness (QED) is 0.543. The monoisotopic (exact) mass is 199 g/mol. The van der Waals surface area contributed by atoms with Crippen LogP contribution in [-0.4, -0.2) is 25.8 Å². The minimum absolute atomic E-state index is 0.145. The fraction of sp³-hybridized carbons (Fsp3) is 1.00. The largest absolute Gasteiger partial charge is 0.377 e. The van der Waals surface area contributed by atoms with Crippen molar-refractivity contribution in [1.29, 1.82) is 0 Å². The van der Waals surface area contributed by atoms with Gasteiger partial charge in [0.2, 0.25) is 0 Å². The van der Waals surface area contributed by atoms with Gasteiger partial charge in [0.1, 0.15) is 0 Å². The van der Waals surface area contributed by atoms with Gasteiger partial charge in [0.25, 0.3) is 0 Å². The van der Waals surface area contributed by atoms with Crippen LogP contribution in [-0.2, 0) is 4.74 Å². The van der Waals surface area contributed by atoms with E-state index in [2.05, 4.69) is 12.2 Å². The molecule has 1 rings (SSSR count). The maximum Gasteiger partial charge on any atom is 0.0802 e. The number of nitrogens with one attached hydrogen (secondary N) is 1. The molecule has 2 heteroatoms. The highest BCUT2D eigenvalue weighted by atomic mass is 16.5. The van der Waals surface area contributed by atoms with Gasteiger partial charge in [-0.1, -0.05) is 32.6 Å². The molecule has 1 aliphatic rings. The molecular formula is C12H25NO. The molecule has 0 aromatic carbocycles. The molecule has 0 heterocycles. The van der Waals surface area contributed by atoms with Crippen LogP contribution >= 0.6 is 0 Å². The van der Waals surface area contributed by atoms with Gasteiger partial charge in [-0.2, -0.15) is 0 Å². The Bertz CT molecular complexity index is 139. The second-order valence-corrected chi connectivity index (χ2v) is 4.48. The van der Waals surface area contributed by atoms with Crippen LogP contribution in [0, 0.1) is 0 Å². The van der Waals surface area contributed by atoms with Gasteiger partial charge in [0.15, 0.2) is 0 Å². The van der Waals surface area contributed by atoms with E-state index in [-0.39, 0.29) is 5.60 Å². The van der Waals surface area contributed by atoms with Crippen molar-refractivity contribution in [2.24, 2.45) is 0 Å². The van der Waals surface area contributed by atoms with Crippen molar-refractivity contribution in [3.05, 3.63) is 0 Å². The molecule has 0 aromatic heterocycles. The zero-order valence-corrected chi connectivity index (χ0v) is 9.77. The second-order valence-electron chi connectivity index (χ2n) is 4.48. The second kappa shape index (κ2) is 6.41. The lowest BCUT2D eigenvalue weighted by Gasteiger charge is -2.31. The summed E-state index contributed by atoms with van der Waals surface area (Å²) in [5, 5.41) is 3.50. The molecule has 0 bridgehead atoms. The summed E-state index contributed by atoms with van der Waals surface area (Å²) in [6.45, 7) is 4.36. The molecule has 1 fully saturated rings. The molecule has 1 N–H and O–H groups in total. The third kappa shape index (κ3) is 3.58. The summed E-state index contributed by atoms with van der Waals surface area (Å²) in [7, 11) is 1.87. The molecule has 1 aliphatic carbocycles. The van der Waals surface area contributed by atoms with E-state index in [1.807, 2.05) is 7.11 Å². The Morgan fingerprint density at radius 2 is 1.79 bits per heavy atom. The first-order chi connectivity index (χ1) is 6.83. The van der Waals surface area contributed by atoms with Gasteiger partial charge in [0.05, 0.1) is 5.60 Å². The van der Waals surface area contributed by atoms with Gasteiger partial charge in [-0.25, -0.2) is 0 Å². The van der Waals surface area contributed by atoms with Crippen LogP contribution in [0.4, 0.5) is 0 Å². The average Bonchev–Trinajstić information content (AvgIpc) is 2.45. The van der Waals surface area contributed by atoms with Crippen molar-refractivity contribution >= 4 is 0 Å². The summed E-state index contributed by atoms with van der Waals surface area (Å²) in [5.74, 6) is 0. The van der Waals surface area contributed by atoms with Crippen LogP contribution in [0.5, 0.6) is 0 Å². The van der Waals surface area contributed by atoms with Crippen LogP contribution < -0.4 is 5.32 Å². The lowest BCUT2D eigenvalue weighted by atomic mass is 9.94. The zero-order valence-electron chi connectivity index (χ0n) is 9.77. The first-order valence-electron chi connectivity index (χ1n) is 6.09. The predicted octanol–water partition coefficient (Wildman–Crippen LogP) is 2.73. The predicted molar refractivity (Wildman–Crippen MR) is 60.6 cm³/mol. The summed E-state index contributed by atoms with van der Waals surface area (Å²) in [4.78, 5) is 0. The minimum atomic E-state index is 0.145. The Balaban J connectivity index is 2.37. The smallest absolute Gasteiger partial charge is 0.0802 e. The van der Waals surface area contributed by atoms with Crippen LogP contribution in [0.3, 0.4) is 0 Å². The number of methoxy groups -OCH3 is 1. The lowest BCUT2D eigenvalue weighted by molar-refractivity contribution is -0.0213. The van der Waals surface area contributed by atoms with Gasteiger partial charge in [-0.15, -0.1) is 0 Å². The molecule has 0 aliphatic heterocycles. The number of ether oxygens (including phenoxy) is 1. The number of rotatable bonds is 5. The summed E-state index contributed by atoms with van der Waals surface area (Å²) in [6, 6.07) is 0. The van der Waals surface area contributed by atoms with Crippen molar-refractivity contribution in [2.45, 2.75) is 57.5 Å². The molecular weight excluding hydrogens is 174 g/mol. The fourth-order valence-electron chi connectivity index (χ4n) is 2.32. The van der Waals surface area contributed by atoms with E-state index < -0.39 is 0 Å². The lowest BCUT2D eigenvalue weighted by Crippen LogP contribution is -2.42. The summed E-state index contributed by atoms with van der Waals surface area (Å²) in [5.41, 5.74) is 0.145. The third-order valence-corrected chi connectivity index (χ3v) is 3.32. The fourth-order valence-corrected chi connectivity index (χ4v) is 2.32.